The summed E-state index contributed by atoms with van der Waals surface area (Å²) >= 11 is 0. The molecule has 0 spiro atoms. The molecule has 0 bridgehead atoms. The highest BCUT2D eigenvalue weighted by atomic mass is 16.5. The Bertz CT molecular complexity index is 466. The van der Waals surface area contributed by atoms with E-state index >= 15 is 0 Å². The van der Waals surface area contributed by atoms with Crippen molar-refractivity contribution in [2.75, 3.05) is 0 Å². The van der Waals surface area contributed by atoms with Crippen LogP contribution in [0.15, 0.2) is 42.2 Å². The van der Waals surface area contributed by atoms with Gasteiger partial charge in [-0.1, -0.05) is 37.3 Å². The fourth-order valence-electron chi connectivity index (χ4n) is 2.21. The molecule has 102 valence electrons. The van der Waals surface area contributed by atoms with Gasteiger partial charge in [-0.25, -0.2) is 4.79 Å². The summed E-state index contributed by atoms with van der Waals surface area (Å²) in [7, 11) is 0. The SMILES string of the molecule is CC1CC(c2ccccc2)O/C(C(=O)O)=C\CC1O. The molecule has 1 aliphatic heterocycles. The van der Waals surface area contributed by atoms with Gasteiger partial charge >= 0.3 is 5.97 Å². The predicted molar refractivity (Wildman–Crippen MR) is 70.4 cm³/mol. The normalized spacial score (nSPS) is 30.4. The summed E-state index contributed by atoms with van der Waals surface area (Å²) in [4.78, 5) is 11.1. The van der Waals surface area contributed by atoms with E-state index < -0.39 is 12.1 Å². The minimum atomic E-state index is -1.09. The van der Waals surface area contributed by atoms with Crippen molar-refractivity contribution < 1.29 is 19.7 Å². The van der Waals surface area contributed by atoms with Gasteiger partial charge in [0.05, 0.1) is 6.10 Å². The van der Waals surface area contributed by atoms with Crippen molar-refractivity contribution in [3.8, 4) is 0 Å². The van der Waals surface area contributed by atoms with Crippen LogP contribution in [0.2, 0.25) is 0 Å². The first kappa shape index (κ1) is 13.6. The standard InChI is InChI=1S/C15H18O4/c1-10-9-14(11-5-3-2-4-6-11)19-13(15(17)18)8-7-12(10)16/h2-6,8,10,12,14,16H,7,9H2,1H3,(H,17,18)/b13-8-. The fourth-order valence-corrected chi connectivity index (χ4v) is 2.21. The smallest absolute Gasteiger partial charge is 0.370 e. The van der Waals surface area contributed by atoms with Crippen molar-refractivity contribution in [1.82, 2.24) is 0 Å². The van der Waals surface area contributed by atoms with Crippen molar-refractivity contribution in [2.45, 2.75) is 32.0 Å². The highest BCUT2D eigenvalue weighted by Gasteiger charge is 2.26. The number of hydrogen-bond donors (Lipinski definition) is 2. The molecule has 1 aliphatic rings. The van der Waals surface area contributed by atoms with Crippen LogP contribution in [0.25, 0.3) is 0 Å². The Morgan fingerprint density at radius 1 is 1.32 bits per heavy atom. The molecule has 4 nitrogen and oxygen atoms in total. The number of ether oxygens (including phenoxy) is 1. The molecule has 4 heteroatoms. The Hall–Kier alpha value is -1.81. The summed E-state index contributed by atoms with van der Waals surface area (Å²) in [6, 6.07) is 9.50. The lowest BCUT2D eigenvalue weighted by Gasteiger charge is -2.28. The Kier molecular flexibility index (Phi) is 4.22. The second-order valence-corrected chi connectivity index (χ2v) is 4.91. The second kappa shape index (κ2) is 5.89. The van der Waals surface area contributed by atoms with E-state index in [-0.39, 0.29) is 17.8 Å². The van der Waals surface area contributed by atoms with Crippen molar-refractivity contribution in [3.05, 3.63) is 47.7 Å². The quantitative estimate of drug-likeness (QED) is 0.859. The Morgan fingerprint density at radius 3 is 2.63 bits per heavy atom. The molecule has 0 fully saturated rings. The van der Waals surface area contributed by atoms with E-state index in [0.29, 0.717) is 12.8 Å². The van der Waals surface area contributed by atoms with Gasteiger partial charge in [0.15, 0.2) is 0 Å². The topological polar surface area (TPSA) is 66.8 Å². The average Bonchev–Trinajstić information content (AvgIpc) is 2.40. The lowest BCUT2D eigenvalue weighted by Crippen LogP contribution is -2.24. The van der Waals surface area contributed by atoms with Gasteiger partial charge in [0, 0.05) is 0 Å². The molecule has 0 aliphatic carbocycles. The summed E-state index contributed by atoms with van der Waals surface area (Å²) in [5, 5.41) is 19.1. The summed E-state index contributed by atoms with van der Waals surface area (Å²) in [6.45, 7) is 1.95. The minimum Gasteiger partial charge on any atom is -0.479 e. The highest BCUT2D eigenvalue weighted by molar-refractivity contribution is 5.84. The van der Waals surface area contributed by atoms with Crippen molar-refractivity contribution in [3.63, 3.8) is 0 Å². The first-order valence-corrected chi connectivity index (χ1v) is 6.41. The van der Waals surface area contributed by atoms with Gasteiger partial charge in [-0.3, -0.25) is 0 Å². The maximum Gasteiger partial charge on any atom is 0.370 e. The van der Waals surface area contributed by atoms with Crippen LogP contribution in [0.3, 0.4) is 0 Å². The summed E-state index contributed by atoms with van der Waals surface area (Å²) in [5.74, 6) is -1.13. The minimum absolute atomic E-state index is 0.0526. The molecule has 0 amide bonds. The molecular weight excluding hydrogens is 244 g/mol. The van der Waals surface area contributed by atoms with Gasteiger partial charge < -0.3 is 14.9 Å². The summed E-state index contributed by atoms with van der Waals surface area (Å²) in [5.41, 5.74) is 0.926. The van der Waals surface area contributed by atoms with E-state index in [4.69, 9.17) is 9.84 Å². The number of rotatable bonds is 2. The highest BCUT2D eigenvalue weighted by Crippen LogP contribution is 2.32. The van der Waals surface area contributed by atoms with E-state index in [9.17, 15) is 9.90 Å². The number of aliphatic hydroxyl groups excluding tert-OH is 1. The molecule has 1 aromatic rings. The first-order valence-electron chi connectivity index (χ1n) is 6.41. The lowest BCUT2D eigenvalue weighted by atomic mass is 9.91. The number of hydrogen-bond acceptors (Lipinski definition) is 3. The van der Waals surface area contributed by atoms with Crippen molar-refractivity contribution in [1.29, 1.82) is 0 Å². The summed E-state index contributed by atoms with van der Waals surface area (Å²) in [6.07, 6.45) is 1.48. The van der Waals surface area contributed by atoms with E-state index in [1.54, 1.807) is 0 Å². The average molecular weight is 262 g/mol. The molecule has 3 atom stereocenters. The Balaban J connectivity index is 2.28. The molecular formula is C15H18O4. The Morgan fingerprint density at radius 2 is 2.00 bits per heavy atom. The first-order chi connectivity index (χ1) is 9.08. The number of carbonyl (C=O) groups is 1. The van der Waals surface area contributed by atoms with Gasteiger partial charge in [-0.15, -0.1) is 0 Å². The number of benzene rings is 1. The van der Waals surface area contributed by atoms with Gasteiger partial charge in [-0.2, -0.15) is 0 Å². The Labute approximate surface area is 112 Å². The number of aliphatic carboxylic acids is 1. The van der Waals surface area contributed by atoms with Crippen LogP contribution in [0.4, 0.5) is 0 Å². The van der Waals surface area contributed by atoms with Crippen LogP contribution in [0.1, 0.15) is 31.4 Å². The molecule has 2 N–H and O–H groups in total. The third-order valence-electron chi connectivity index (χ3n) is 3.44. The third kappa shape index (κ3) is 3.35. The van der Waals surface area contributed by atoms with Gasteiger partial charge in [0.1, 0.15) is 6.10 Å². The van der Waals surface area contributed by atoms with Crippen molar-refractivity contribution in [2.24, 2.45) is 5.92 Å². The molecule has 1 aromatic carbocycles. The fraction of sp³-hybridized carbons (Fsp3) is 0.400. The monoisotopic (exact) mass is 262 g/mol. The molecule has 0 saturated heterocycles. The molecule has 19 heavy (non-hydrogen) atoms. The lowest BCUT2D eigenvalue weighted by molar-refractivity contribution is -0.138. The van der Waals surface area contributed by atoms with Crippen LogP contribution in [0, 0.1) is 5.92 Å². The molecule has 3 unspecified atom stereocenters. The maximum atomic E-state index is 11.1. The molecule has 1 heterocycles. The van der Waals surface area contributed by atoms with E-state index in [1.807, 2.05) is 37.3 Å². The van der Waals surface area contributed by atoms with Crippen LogP contribution < -0.4 is 0 Å². The zero-order valence-corrected chi connectivity index (χ0v) is 10.8. The van der Waals surface area contributed by atoms with Crippen LogP contribution in [0.5, 0.6) is 0 Å². The summed E-state index contributed by atoms with van der Waals surface area (Å²) < 4.78 is 5.61. The second-order valence-electron chi connectivity index (χ2n) is 4.91. The van der Waals surface area contributed by atoms with E-state index in [0.717, 1.165) is 5.56 Å². The molecule has 0 radical (unpaired) electrons. The number of carboxylic acid groups (broad SMARTS) is 1. The zero-order chi connectivity index (χ0) is 13.8. The van der Waals surface area contributed by atoms with Gasteiger partial charge in [-0.05, 0) is 30.4 Å². The van der Waals surface area contributed by atoms with Crippen molar-refractivity contribution >= 4 is 5.97 Å². The predicted octanol–water partition coefficient (Wildman–Crippen LogP) is 2.50. The third-order valence-corrected chi connectivity index (χ3v) is 3.44. The van der Waals surface area contributed by atoms with Gasteiger partial charge in [0.2, 0.25) is 5.76 Å². The van der Waals surface area contributed by atoms with Gasteiger partial charge in [0.25, 0.3) is 0 Å². The molecule has 2 rings (SSSR count). The van der Waals surface area contributed by atoms with Crippen LogP contribution in [-0.4, -0.2) is 22.3 Å². The van der Waals surface area contributed by atoms with Crippen LogP contribution >= 0.6 is 0 Å². The van der Waals surface area contributed by atoms with Crippen LogP contribution in [-0.2, 0) is 9.53 Å². The van der Waals surface area contributed by atoms with E-state index in [2.05, 4.69) is 0 Å². The van der Waals surface area contributed by atoms with E-state index in [1.165, 1.54) is 6.08 Å². The zero-order valence-electron chi connectivity index (χ0n) is 10.8. The number of aliphatic hydroxyl groups is 1. The number of carboxylic acids is 1. The largest absolute Gasteiger partial charge is 0.479 e. The maximum absolute atomic E-state index is 11.1. The molecule has 0 aromatic heterocycles. The molecule has 0 saturated carbocycles.